The molecule has 3 heterocycles. The van der Waals surface area contributed by atoms with Crippen molar-refractivity contribution in [3.63, 3.8) is 0 Å². The highest BCUT2D eigenvalue weighted by Gasteiger charge is 2.30. The van der Waals surface area contributed by atoms with E-state index in [9.17, 15) is 9.90 Å². The largest absolute Gasteiger partial charge is 0.390 e. The minimum Gasteiger partial charge on any atom is -0.390 e. The molecule has 0 unspecified atom stereocenters. The molecule has 0 spiro atoms. The van der Waals surface area contributed by atoms with Gasteiger partial charge >= 0.3 is 0 Å². The number of hydrogen-bond donors (Lipinski definition) is 2. The normalized spacial score (nSPS) is 16.7. The summed E-state index contributed by atoms with van der Waals surface area (Å²) in [7, 11) is 0. The Hall–Kier alpha value is -2.54. The molecule has 1 aliphatic heterocycles. The van der Waals surface area contributed by atoms with Crippen molar-refractivity contribution in [1.82, 2.24) is 19.9 Å². The lowest BCUT2D eigenvalue weighted by atomic mass is 9.93. The number of hydrogen-bond acceptors (Lipinski definition) is 6. The number of anilines is 1. The van der Waals surface area contributed by atoms with Gasteiger partial charge in [0.05, 0.1) is 11.2 Å². The number of nitrogens with one attached hydrogen (secondary N) is 1. The zero-order valence-electron chi connectivity index (χ0n) is 13.6. The fourth-order valence-corrected chi connectivity index (χ4v) is 2.59. The van der Waals surface area contributed by atoms with E-state index in [1.807, 2.05) is 12.1 Å². The summed E-state index contributed by atoms with van der Waals surface area (Å²) in [5, 5.41) is 13.1. The fraction of sp³-hybridized carbons (Fsp3) is 0.412. The molecule has 0 aromatic carbocycles. The number of carbonyl (C=O) groups is 1. The van der Waals surface area contributed by atoms with Crippen molar-refractivity contribution >= 4 is 11.9 Å². The molecule has 0 aliphatic carbocycles. The second-order valence-corrected chi connectivity index (χ2v) is 6.30. The van der Waals surface area contributed by atoms with Gasteiger partial charge < -0.3 is 15.3 Å². The molecule has 1 amide bonds. The van der Waals surface area contributed by atoms with Gasteiger partial charge in [0.25, 0.3) is 5.91 Å². The third kappa shape index (κ3) is 4.05. The molecule has 2 N–H and O–H groups in total. The molecule has 0 radical (unpaired) electrons. The lowest BCUT2D eigenvalue weighted by Gasteiger charge is -2.35. The third-order valence-electron chi connectivity index (χ3n) is 4.20. The van der Waals surface area contributed by atoms with Crippen LogP contribution in [-0.4, -0.2) is 49.6 Å². The standard InChI is InChI=1S/C17H21N5O2/c1-17(24)4-7-22(8-5-17)15(23)14-11-20-16(21-12-14)19-10-13-3-2-6-18-9-13/h2-3,6,9,11-12,24H,4-5,7-8,10H2,1H3,(H,19,20,21). The van der Waals surface area contributed by atoms with Crippen molar-refractivity contribution in [1.29, 1.82) is 0 Å². The predicted molar refractivity (Wildman–Crippen MR) is 89.4 cm³/mol. The summed E-state index contributed by atoms with van der Waals surface area (Å²) in [4.78, 5) is 26.6. The van der Waals surface area contributed by atoms with Crippen molar-refractivity contribution < 1.29 is 9.90 Å². The maximum atomic E-state index is 12.4. The SMILES string of the molecule is CC1(O)CCN(C(=O)c2cnc(NCc3cccnc3)nc2)CC1. The summed E-state index contributed by atoms with van der Waals surface area (Å²) in [6, 6.07) is 3.83. The molecule has 0 saturated carbocycles. The zero-order valence-corrected chi connectivity index (χ0v) is 13.6. The first-order valence-electron chi connectivity index (χ1n) is 8.00. The molecule has 7 heteroatoms. The molecule has 2 aromatic heterocycles. The van der Waals surface area contributed by atoms with Gasteiger partial charge in [0.2, 0.25) is 5.95 Å². The van der Waals surface area contributed by atoms with E-state index in [1.54, 1.807) is 24.2 Å². The van der Waals surface area contributed by atoms with Crippen LogP contribution in [0.25, 0.3) is 0 Å². The number of carbonyl (C=O) groups excluding carboxylic acids is 1. The summed E-state index contributed by atoms with van der Waals surface area (Å²) < 4.78 is 0. The van der Waals surface area contributed by atoms with E-state index in [0.717, 1.165) is 5.56 Å². The molecule has 0 bridgehead atoms. The molecule has 126 valence electrons. The Labute approximate surface area is 140 Å². The molecule has 1 saturated heterocycles. The first-order chi connectivity index (χ1) is 11.5. The van der Waals surface area contributed by atoms with Gasteiger partial charge in [0, 0.05) is 44.4 Å². The van der Waals surface area contributed by atoms with Crippen molar-refractivity contribution in [2.75, 3.05) is 18.4 Å². The molecule has 1 fully saturated rings. The Morgan fingerprint density at radius 2 is 2.00 bits per heavy atom. The molecule has 24 heavy (non-hydrogen) atoms. The van der Waals surface area contributed by atoms with Crippen molar-refractivity contribution in [3.05, 3.63) is 48.0 Å². The zero-order chi connectivity index (χ0) is 17.0. The van der Waals surface area contributed by atoms with Crippen LogP contribution in [-0.2, 0) is 6.54 Å². The number of amides is 1. The predicted octanol–water partition coefficient (Wildman–Crippen LogP) is 1.47. The van der Waals surface area contributed by atoms with Crippen molar-refractivity contribution in [3.8, 4) is 0 Å². The second-order valence-electron chi connectivity index (χ2n) is 6.30. The molecule has 2 aromatic rings. The first kappa shape index (κ1) is 16.3. The van der Waals surface area contributed by atoms with Crippen LogP contribution in [0, 0.1) is 0 Å². The van der Waals surface area contributed by atoms with Gasteiger partial charge in [0.1, 0.15) is 0 Å². The molecule has 7 nitrogen and oxygen atoms in total. The number of likely N-dealkylation sites (tertiary alicyclic amines) is 1. The van der Waals surface area contributed by atoms with Gasteiger partial charge in [-0.25, -0.2) is 9.97 Å². The highest BCUT2D eigenvalue weighted by atomic mass is 16.3. The Kier molecular flexibility index (Phi) is 4.71. The van der Waals surface area contributed by atoms with Gasteiger partial charge in [-0.15, -0.1) is 0 Å². The quantitative estimate of drug-likeness (QED) is 0.884. The van der Waals surface area contributed by atoms with E-state index in [4.69, 9.17) is 0 Å². The van der Waals surface area contributed by atoms with Crippen LogP contribution in [0.5, 0.6) is 0 Å². The van der Waals surface area contributed by atoms with Gasteiger partial charge in [0.15, 0.2) is 0 Å². The van der Waals surface area contributed by atoms with Gasteiger partial charge in [-0.2, -0.15) is 0 Å². The summed E-state index contributed by atoms with van der Waals surface area (Å²) >= 11 is 0. The lowest BCUT2D eigenvalue weighted by molar-refractivity contribution is -0.00204. The molecule has 1 aliphatic rings. The number of piperidine rings is 1. The summed E-state index contributed by atoms with van der Waals surface area (Å²) in [6.07, 6.45) is 7.74. The van der Waals surface area contributed by atoms with Gasteiger partial charge in [-0.1, -0.05) is 6.07 Å². The minimum atomic E-state index is -0.673. The maximum Gasteiger partial charge on any atom is 0.256 e. The first-order valence-corrected chi connectivity index (χ1v) is 8.00. The van der Waals surface area contributed by atoms with Crippen LogP contribution < -0.4 is 5.32 Å². The van der Waals surface area contributed by atoms with Crippen LogP contribution >= 0.6 is 0 Å². The Morgan fingerprint density at radius 1 is 1.29 bits per heavy atom. The van der Waals surface area contributed by atoms with E-state index in [2.05, 4.69) is 20.3 Å². The van der Waals surface area contributed by atoms with Crippen molar-refractivity contribution in [2.24, 2.45) is 0 Å². The van der Waals surface area contributed by atoms with E-state index in [1.165, 1.54) is 12.4 Å². The molecule has 3 rings (SSSR count). The van der Waals surface area contributed by atoms with Gasteiger partial charge in [-0.05, 0) is 31.4 Å². The summed E-state index contributed by atoms with van der Waals surface area (Å²) in [6.45, 7) is 3.47. The van der Waals surface area contributed by atoms with Crippen LogP contribution in [0.4, 0.5) is 5.95 Å². The van der Waals surface area contributed by atoms with Gasteiger partial charge in [-0.3, -0.25) is 9.78 Å². The highest BCUT2D eigenvalue weighted by Crippen LogP contribution is 2.22. The number of aromatic nitrogens is 3. The average Bonchev–Trinajstić information content (AvgIpc) is 2.61. The second kappa shape index (κ2) is 6.92. The average molecular weight is 327 g/mol. The Balaban J connectivity index is 1.57. The highest BCUT2D eigenvalue weighted by molar-refractivity contribution is 5.93. The number of pyridine rings is 1. The summed E-state index contributed by atoms with van der Waals surface area (Å²) in [5.74, 6) is 0.376. The van der Waals surface area contributed by atoms with E-state index in [-0.39, 0.29) is 5.91 Å². The maximum absolute atomic E-state index is 12.4. The number of nitrogens with zero attached hydrogens (tertiary/aromatic N) is 4. The van der Waals surface area contributed by atoms with Crippen LogP contribution in [0.15, 0.2) is 36.9 Å². The number of aliphatic hydroxyl groups is 1. The van der Waals surface area contributed by atoms with E-state index in [0.29, 0.717) is 44.0 Å². The molecular weight excluding hydrogens is 306 g/mol. The van der Waals surface area contributed by atoms with Crippen LogP contribution in [0.2, 0.25) is 0 Å². The summed E-state index contributed by atoms with van der Waals surface area (Å²) in [5.41, 5.74) is 0.818. The Bertz CT molecular complexity index is 678. The molecule has 0 atom stereocenters. The number of rotatable bonds is 4. The Morgan fingerprint density at radius 3 is 2.62 bits per heavy atom. The lowest BCUT2D eigenvalue weighted by Crippen LogP contribution is -2.45. The fourth-order valence-electron chi connectivity index (χ4n) is 2.59. The topological polar surface area (TPSA) is 91.2 Å². The smallest absolute Gasteiger partial charge is 0.256 e. The van der Waals surface area contributed by atoms with E-state index < -0.39 is 5.60 Å². The third-order valence-corrected chi connectivity index (χ3v) is 4.20. The van der Waals surface area contributed by atoms with Crippen LogP contribution in [0.1, 0.15) is 35.7 Å². The molecular formula is C17H21N5O2. The van der Waals surface area contributed by atoms with E-state index >= 15 is 0 Å². The van der Waals surface area contributed by atoms with Crippen LogP contribution in [0.3, 0.4) is 0 Å². The van der Waals surface area contributed by atoms with Crippen molar-refractivity contribution in [2.45, 2.75) is 31.9 Å². The monoisotopic (exact) mass is 327 g/mol. The minimum absolute atomic E-state index is 0.0932.